The molecule has 1 aliphatic rings. The van der Waals surface area contributed by atoms with E-state index < -0.39 is 6.23 Å². The number of hydrogen-bond donors (Lipinski definition) is 1. The predicted molar refractivity (Wildman–Crippen MR) is 102 cm³/mol. The van der Waals surface area contributed by atoms with Gasteiger partial charge in [-0.2, -0.15) is 0 Å². The zero-order chi connectivity index (χ0) is 17.2. The van der Waals surface area contributed by atoms with E-state index in [2.05, 4.69) is 48.3 Å². The molecule has 0 heterocycles. The quantitative estimate of drug-likeness (QED) is 0.620. The monoisotopic (exact) mass is 361 g/mol. The molecule has 0 bridgehead atoms. The summed E-state index contributed by atoms with van der Waals surface area (Å²) in [5.74, 6) is 0. The maximum Gasteiger partial charge on any atom is 1.00 e. The van der Waals surface area contributed by atoms with Gasteiger partial charge < -0.3 is 10.4 Å². The molecule has 1 N–H and O–H groups in total. The third kappa shape index (κ3) is 8.78. The average Bonchev–Trinajstić information content (AvgIpc) is 3.05. The van der Waals surface area contributed by atoms with E-state index in [-0.39, 0.29) is 57.4 Å². The van der Waals surface area contributed by atoms with Crippen LogP contribution in [0.15, 0.2) is 67.3 Å². The summed E-state index contributed by atoms with van der Waals surface area (Å²) in [4.78, 5) is 0. The van der Waals surface area contributed by atoms with Gasteiger partial charge in [0, 0.05) is 0 Å². The summed E-state index contributed by atoms with van der Waals surface area (Å²) < 4.78 is 0. The van der Waals surface area contributed by atoms with E-state index in [0.29, 0.717) is 0 Å². The largest absolute Gasteiger partial charge is 1.00 e. The van der Waals surface area contributed by atoms with Gasteiger partial charge in [0.05, 0.1) is 0 Å². The molecule has 0 aliphatic heterocycles. The Hall–Kier alpha value is -0.264. The van der Waals surface area contributed by atoms with Crippen molar-refractivity contribution in [1.29, 1.82) is 0 Å². The van der Waals surface area contributed by atoms with Crippen LogP contribution in [-0.2, 0) is 19.3 Å². The zero-order valence-electron chi connectivity index (χ0n) is 15.6. The average molecular weight is 362 g/mol. The van der Waals surface area contributed by atoms with E-state index in [9.17, 15) is 5.11 Å². The molecule has 0 amide bonds. The molecule has 2 nitrogen and oxygen atoms in total. The van der Waals surface area contributed by atoms with Crippen molar-refractivity contribution in [2.24, 2.45) is 0 Å². The SMILES string of the molecule is C=CC[C@@H](Cc1ccccc1)[N-][C@@H](C)O.[K+].c1ccc2c(c1)CCC2. The summed E-state index contributed by atoms with van der Waals surface area (Å²) >= 11 is 0. The molecule has 128 valence electrons. The first kappa shape index (κ1) is 22.8. The summed E-state index contributed by atoms with van der Waals surface area (Å²) in [5.41, 5.74) is 4.38. The molecule has 1 aliphatic carbocycles. The van der Waals surface area contributed by atoms with Gasteiger partial charge in [0.25, 0.3) is 0 Å². The molecular weight excluding hydrogens is 333 g/mol. The summed E-state index contributed by atoms with van der Waals surface area (Å²) in [6.45, 7) is 5.39. The van der Waals surface area contributed by atoms with E-state index in [1.54, 1.807) is 18.1 Å². The van der Waals surface area contributed by atoms with Crippen molar-refractivity contribution in [2.75, 3.05) is 0 Å². The Morgan fingerprint density at radius 1 is 1.04 bits per heavy atom. The molecular formula is C22H28KNO. The van der Waals surface area contributed by atoms with Gasteiger partial charge in [-0.1, -0.05) is 74.0 Å². The van der Waals surface area contributed by atoms with E-state index in [4.69, 9.17) is 0 Å². The molecule has 0 unspecified atom stereocenters. The Labute approximate surface area is 195 Å². The Kier molecular flexibility index (Phi) is 11.8. The molecule has 0 aromatic heterocycles. The fraction of sp³-hybridized carbons (Fsp3) is 0.364. The van der Waals surface area contributed by atoms with Gasteiger partial charge in [-0.3, -0.25) is 0 Å². The number of hydrogen-bond acceptors (Lipinski definition) is 1. The minimum absolute atomic E-state index is 0. The number of nitrogens with zero attached hydrogens (tertiary/aromatic N) is 1. The van der Waals surface area contributed by atoms with Crippen molar-refractivity contribution in [2.45, 2.75) is 51.3 Å². The van der Waals surface area contributed by atoms with Gasteiger partial charge in [-0.15, -0.1) is 12.6 Å². The maximum atomic E-state index is 9.23. The van der Waals surface area contributed by atoms with Crippen molar-refractivity contribution in [3.05, 3.63) is 89.3 Å². The standard InChI is InChI=1S/C13H18NO.C9H10.K/c1-3-7-13(14-11(2)15)10-12-8-5-4-6-9-12;1-2-5-9-7-3-6-8(9)4-1;/h3-6,8-9,11,13,15H,1,7,10H2,2H3;1-2,4-5H,3,6-7H2;/q-1;;+1/t11-,13+;;/m1../s1. The van der Waals surface area contributed by atoms with Crippen LogP contribution >= 0.6 is 0 Å². The Morgan fingerprint density at radius 3 is 2.12 bits per heavy atom. The minimum Gasteiger partial charge on any atom is -0.634 e. The molecule has 2 aromatic rings. The topological polar surface area (TPSA) is 34.3 Å². The Balaban J connectivity index is 0.000000266. The minimum atomic E-state index is -0.598. The molecule has 2 atom stereocenters. The van der Waals surface area contributed by atoms with Crippen molar-refractivity contribution in [1.82, 2.24) is 0 Å². The number of aliphatic hydroxyl groups is 1. The fourth-order valence-electron chi connectivity index (χ4n) is 3.10. The molecule has 25 heavy (non-hydrogen) atoms. The normalized spacial score (nSPS) is 14.3. The van der Waals surface area contributed by atoms with Crippen molar-refractivity contribution >= 4 is 0 Å². The zero-order valence-corrected chi connectivity index (χ0v) is 18.7. The number of benzene rings is 2. The second-order valence-electron chi connectivity index (χ2n) is 6.27. The van der Waals surface area contributed by atoms with Crippen LogP contribution < -0.4 is 51.4 Å². The second-order valence-corrected chi connectivity index (χ2v) is 6.27. The van der Waals surface area contributed by atoms with Crippen LogP contribution in [0.3, 0.4) is 0 Å². The van der Waals surface area contributed by atoms with E-state index in [0.717, 1.165) is 12.8 Å². The molecule has 0 saturated carbocycles. The fourth-order valence-corrected chi connectivity index (χ4v) is 3.10. The Bertz CT molecular complexity index is 589. The summed E-state index contributed by atoms with van der Waals surface area (Å²) in [6.07, 6.45) is 6.88. The summed E-state index contributed by atoms with van der Waals surface area (Å²) in [7, 11) is 0. The number of fused-ring (bicyclic) bond motifs is 1. The maximum absolute atomic E-state index is 9.23. The number of aliphatic hydroxyl groups excluding tert-OH is 1. The molecule has 3 rings (SSSR count). The molecule has 3 heteroatoms. The van der Waals surface area contributed by atoms with Gasteiger partial charge in [0.1, 0.15) is 0 Å². The van der Waals surface area contributed by atoms with Gasteiger partial charge in [-0.25, -0.2) is 0 Å². The molecule has 0 fully saturated rings. The van der Waals surface area contributed by atoms with Gasteiger partial charge >= 0.3 is 51.4 Å². The molecule has 0 radical (unpaired) electrons. The van der Waals surface area contributed by atoms with Gasteiger partial charge in [0.2, 0.25) is 0 Å². The van der Waals surface area contributed by atoms with Crippen molar-refractivity contribution < 1.29 is 56.5 Å². The predicted octanol–water partition coefficient (Wildman–Crippen LogP) is 2.07. The van der Waals surface area contributed by atoms with E-state index in [1.165, 1.54) is 24.8 Å². The summed E-state index contributed by atoms with van der Waals surface area (Å²) in [5, 5.41) is 13.5. The first-order valence-corrected chi connectivity index (χ1v) is 8.78. The number of aryl methyl sites for hydroxylation is 2. The third-order valence-corrected chi connectivity index (χ3v) is 4.19. The molecule has 0 spiro atoms. The molecule has 0 saturated heterocycles. The van der Waals surface area contributed by atoms with Crippen molar-refractivity contribution in [3.8, 4) is 0 Å². The first-order valence-electron chi connectivity index (χ1n) is 8.78. The van der Waals surface area contributed by atoms with Gasteiger partial charge in [0.15, 0.2) is 0 Å². The van der Waals surface area contributed by atoms with E-state index in [1.807, 2.05) is 24.3 Å². The Morgan fingerprint density at radius 2 is 1.60 bits per heavy atom. The van der Waals surface area contributed by atoms with Crippen LogP contribution in [0.5, 0.6) is 0 Å². The summed E-state index contributed by atoms with van der Waals surface area (Å²) in [6, 6.07) is 19.0. The van der Waals surface area contributed by atoms with Crippen LogP contribution in [0.25, 0.3) is 5.32 Å². The van der Waals surface area contributed by atoms with Crippen LogP contribution in [-0.4, -0.2) is 17.4 Å². The molecule has 2 aromatic carbocycles. The third-order valence-electron chi connectivity index (χ3n) is 4.19. The van der Waals surface area contributed by atoms with Crippen LogP contribution in [0.4, 0.5) is 0 Å². The number of rotatable bonds is 6. The second kappa shape index (κ2) is 13.0. The first-order chi connectivity index (χ1) is 11.7. The van der Waals surface area contributed by atoms with Crippen LogP contribution in [0.2, 0.25) is 0 Å². The van der Waals surface area contributed by atoms with Crippen LogP contribution in [0, 0.1) is 0 Å². The smallest absolute Gasteiger partial charge is 0.634 e. The van der Waals surface area contributed by atoms with Crippen LogP contribution in [0.1, 0.15) is 36.5 Å². The van der Waals surface area contributed by atoms with Gasteiger partial charge in [-0.05, 0) is 48.6 Å². The van der Waals surface area contributed by atoms with Crippen molar-refractivity contribution in [3.63, 3.8) is 0 Å². The van der Waals surface area contributed by atoms with E-state index >= 15 is 0 Å².